The van der Waals surface area contributed by atoms with Crippen LogP contribution in [0.4, 0.5) is 0 Å². The van der Waals surface area contributed by atoms with Gasteiger partial charge in [0.1, 0.15) is 5.75 Å². The molecule has 2 aromatic rings. The molecule has 0 fully saturated rings. The van der Waals surface area contributed by atoms with Gasteiger partial charge < -0.3 is 9.84 Å². The molecule has 0 saturated heterocycles. The van der Waals surface area contributed by atoms with E-state index in [4.69, 9.17) is 9.84 Å². The molecular weight excluding hydrogens is 284 g/mol. The number of carboxylic acid groups (broad SMARTS) is 1. The molecule has 0 saturated carbocycles. The highest BCUT2D eigenvalue weighted by atomic mass is 32.2. The average Bonchev–Trinajstić information content (AvgIpc) is 2.52. The van der Waals surface area contributed by atoms with E-state index in [-0.39, 0.29) is 11.7 Å². The van der Waals surface area contributed by atoms with Gasteiger partial charge >= 0.3 is 5.97 Å². The van der Waals surface area contributed by atoms with Crippen molar-refractivity contribution in [1.29, 1.82) is 0 Å². The lowest BCUT2D eigenvalue weighted by molar-refractivity contribution is -0.136. The van der Waals surface area contributed by atoms with Gasteiger partial charge in [0.15, 0.2) is 0 Å². The number of hydrogen-bond acceptors (Lipinski definition) is 3. The third kappa shape index (κ3) is 4.53. The van der Waals surface area contributed by atoms with Crippen molar-refractivity contribution in [3.63, 3.8) is 0 Å². The zero-order chi connectivity index (χ0) is 15.1. The normalized spacial score (nSPS) is 11.9. The molecule has 1 unspecified atom stereocenters. The van der Waals surface area contributed by atoms with Crippen molar-refractivity contribution in [3.8, 4) is 5.75 Å². The van der Waals surface area contributed by atoms with Gasteiger partial charge in [-0.05, 0) is 23.3 Å². The molecule has 0 aliphatic carbocycles. The summed E-state index contributed by atoms with van der Waals surface area (Å²) in [5.41, 5.74) is 2.33. The monoisotopic (exact) mass is 302 g/mol. The van der Waals surface area contributed by atoms with E-state index in [2.05, 4.69) is 12.1 Å². The predicted molar refractivity (Wildman–Crippen MR) is 86.0 cm³/mol. The van der Waals surface area contributed by atoms with E-state index in [1.165, 1.54) is 5.56 Å². The number of aliphatic carboxylic acids is 1. The van der Waals surface area contributed by atoms with Crippen LogP contribution in [0.1, 0.15) is 22.8 Å². The van der Waals surface area contributed by atoms with Crippen molar-refractivity contribution in [1.82, 2.24) is 0 Å². The van der Waals surface area contributed by atoms with Crippen LogP contribution in [0.15, 0.2) is 54.6 Å². The molecule has 3 nitrogen and oxygen atoms in total. The van der Waals surface area contributed by atoms with Gasteiger partial charge in [0.2, 0.25) is 0 Å². The zero-order valence-corrected chi connectivity index (χ0v) is 12.7. The molecule has 0 aliphatic rings. The van der Waals surface area contributed by atoms with Gasteiger partial charge in [-0.3, -0.25) is 4.79 Å². The highest BCUT2D eigenvalue weighted by molar-refractivity contribution is 7.99. The van der Waals surface area contributed by atoms with E-state index in [1.807, 2.05) is 42.5 Å². The molecule has 2 rings (SSSR count). The van der Waals surface area contributed by atoms with Crippen LogP contribution in [-0.2, 0) is 4.79 Å². The lowest BCUT2D eigenvalue weighted by Crippen LogP contribution is -2.01. The minimum Gasteiger partial charge on any atom is -0.497 e. The summed E-state index contributed by atoms with van der Waals surface area (Å²) in [7, 11) is 1.64. The van der Waals surface area contributed by atoms with E-state index in [0.29, 0.717) is 5.75 Å². The quantitative estimate of drug-likeness (QED) is 0.840. The van der Waals surface area contributed by atoms with E-state index >= 15 is 0 Å². The number of ether oxygens (including phenoxy) is 1. The van der Waals surface area contributed by atoms with Crippen LogP contribution in [0.3, 0.4) is 0 Å². The summed E-state index contributed by atoms with van der Waals surface area (Å²) in [6.45, 7) is 0. The topological polar surface area (TPSA) is 46.5 Å². The minimum absolute atomic E-state index is 0.136. The Kier molecular flexibility index (Phi) is 5.69. The standard InChI is InChI=1S/C17H18O3S/c1-20-15-9-7-14(8-10-15)17(21-12-11-16(18)19)13-5-3-2-4-6-13/h2-10,17H,11-12H2,1H3,(H,18,19). The van der Waals surface area contributed by atoms with Gasteiger partial charge in [0.25, 0.3) is 0 Å². The van der Waals surface area contributed by atoms with Crippen molar-refractivity contribution in [2.45, 2.75) is 11.7 Å². The number of rotatable bonds is 7. The third-order valence-electron chi connectivity index (χ3n) is 3.12. The minimum atomic E-state index is -0.760. The van der Waals surface area contributed by atoms with Gasteiger partial charge in [-0.2, -0.15) is 0 Å². The highest BCUT2D eigenvalue weighted by Gasteiger charge is 2.15. The summed E-state index contributed by atoms with van der Waals surface area (Å²) in [5, 5.41) is 8.94. The van der Waals surface area contributed by atoms with Crippen LogP contribution in [0.5, 0.6) is 5.75 Å². The van der Waals surface area contributed by atoms with E-state index in [1.54, 1.807) is 18.9 Å². The summed E-state index contributed by atoms with van der Waals surface area (Å²) in [4.78, 5) is 10.7. The smallest absolute Gasteiger partial charge is 0.304 e. The molecule has 4 heteroatoms. The fourth-order valence-electron chi connectivity index (χ4n) is 2.06. The maximum atomic E-state index is 10.7. The van der Waals surface area contributed by atoms with Crippen molar-refractivity contribution >= 4 is 17.7 Å². The van der Waals surface area contributed by atoms with Crippen LogP contribution in [-0.4, -0.2) is 23.9 Å². The summed E-state index contributed by atoms with van der Waals surface area (Å²) < 4.78 is 5.18. The molecule has 1 N–H and O–H groups in total. The molecule has 0 heterocycles. The Labute approximate surface area is 129 Å². The summed E-state index contributed by atoms with van der Waals surface area (Å²) in [6, 6.07) is 18.1. The summed E-state index contributed by atoms with van der Waals surface area (Å²) in [5.74, 6) is 0.645. The van der Waals surface area contributed by atoms with Crippen molar-refractivity contribution in [2.75, 3.05) is 12.9 Å². The Balaban J connectivity index is 2.19. The second-order valence-corrected chi connectivity index (χ2v) is 5.79. The second kappa shape index (κ2) is 7.74. The first-order chi connectivity index (χ1) is 10.2. The Morgan fingerprint density at radius 1 is 1.10 bits per heavy atom. The zero-order valence-electron chi connectivity index (χ0n) is 11.9. The molecule has 0 aromatic heterocycles. The first-order valence-electron chi connectivity index (χ1n) is 6.73. The van der Waals surface area contributed by atoms with Crippen LogP contribution in [0, 0.1) is 0 Å². The highest BCUT2D eigenvalue weighted by Crippen LogP contribution is 2.36. The van der Waals surface area contributed by atoms with Crippen LogP contribution < -0.4 is 4.74 Å². The Morgan fingerprint density at radius 2 is 1.71 bits per heavy atom. The molecule has 0 spiro atoms. The summed E-state index contributed by atoms with van der Waals surface area (Å²) in [6.07, 6.45) is 0.171. The van der Waals surface area contributed by atoms with E-state index in [0.717, 1.165) is 11.3 Å². The van der Waals surface area contributed by atoms with E-state index < -0.39 is 5.97 Å². The van der Waals surface area contributed by atoms with Crippen LogP contribution >= 0.6 is 11.8 Å². The maximum absolute atomic E-state index is 10.7. The molecule has 1 atom stereocenters. The SMILES string of the molecule is COc1ccc(C(SCCC(=O)O)c2ccccc2)cc1. The molecule has 0 aliphatic heterocycles. The fraction of sp³-hybridized carbons (Fsp3) is 0.235. The van der Waals surface area contributed by atoms with Gasteiger partial charge in [-0.25, -0.2) is 0 Å². The molecule has 21 heavy (non-hydrogen) atoms. The van der Waals surface area contributed by atoms with Crippen molar-refractivity contribution in [2.24, 2.45) is 0 Å². The maximum Gasteiger partial charge on any atom is 0.304 e. The lowest BCUT2D eigenvalue weighted by atomic mass is 10.0. The average molecular weight is 302 g/mol. The number of benzene rings is 2. The van der Waals surface area contributed by atoms with Crippen molar-refractivity contribution in [3.05, 3.63) is 65.7 Å². The molecule has 0 bridgehead atoms. The number of methoxy groups -OCH3 is 1. The second-order valence-electron chi connectivity index (χ2n) is 4.58. The van der Waals surface area contributed by atoms with Gasteiger partial charge in [-0.1, -0.05) is 42.5 Å². The van der Waals surface area contributed by atoms with Gasteiger partial charge in [0, 0.05) is 5.75 Å². The molecule has 110 valence electrons. The first kappa shape index (κ1) is 15.4. The molecule has 0 radical (unpaired) electrons. The van der Waals surface area contributed by atoms with Crippen LogP contribution in [0.2, 0.25) is 0 Å². The molecule has 2 aromatic carbocycles. The molecule has 0 amide bonds. The lowest BCUT2D eigenvalue weighted by Gasteiger charge is -2.17. The van der Waals surface area contributed by atoms with Crippen LogP contribution in [0.25, 0.3) is 0 Å². The Hall–Kier alpha value is -1.94. The number of hydrogen-bond donors (Lipinski definition) is 1. The largest absolute Gasteiger partial charge is 0.497 e. The number of carboxylic acids is 1. The van der Waals surface area contributed by atoms with Gasteiger partial charge in [0.05, 0.1) is 18.8 Å². The first-order valence-corrected chi connectivity index (χ1v) is 7.78. The Morgan fingerprint density at radius 3 is 2.29 bits per heavy atom. The third-order valence-corrected chi connectivity index (χ3v) is 4.44. The fourth-order valence-corrected chi connectivity index (χ4v) is 3.28. The summed E-state index contributed by atoms with van der Waals surface area (Å²) >= 11 is 1.65. The Bertz CT molecular complexity index is 566. The van der Waals surface area contributed by atoms with E-state index in [9.17, 15) is 4.79 Å². The van der Waals surface area contributed by atoms with Gasteiger partial charge in [-0.15, -0.1) is 11.8 Å². The predicted octanol–water partition coefficient (Wildman–Crippen LogP) is 3.99. The van der Waals surface area contributed by atoms with Crippen molar-refractivity contribution < 1.29 is 14.6 Å². The molecular formula is C17H18O3S. The number of thioether (sulfide) groups is 1. The number of carbonyl (C=O) groups is 1.